The number of rotatable bonds is 4. The molecule has 0 bridgehead atoms. The van der Waals surface area contributed by atoms with Gasteiger partial charge in [-0.3, -0.25) is 0 Å². The second-order valence-corrected chi connectivity index (χ2v) is 4.64. The van der Waals surface area contributed by atoms with Gasteiger partial charge in [-0.15, -0.1) is 0 Å². The number of aromatic nitrogens is 4. The summed E-state index contributed by atoms with van der Waals surface area (Å²) in [6.45, 7) is 3.74. The van der Waals surface area contributed by atoms with Gasteiger partial charge in [0, 0.05) is 14.1 Å². The molecule has 0 radical (unpaired) electrons. The third-order valence-corrected chi connectivity index (χ3v) is 2.52. The molecule has 8 heteroatoms. The van der Waals surface area contributed by atoms with Crippen molar-refractivity contribution in [2.24, 2.45) is 0 Å². The molecule has 102 valence electrons. The van der Waals surface area contributed by atoms with Gasteiger partial charge >= 0.3 is 0 Å². The Labute approximate surface area is 116 Å². The molecule has 0 aliphatic carbocycles. The van der Waals surface area contributed by atoms with Crippen LogP contribution in [0.1, 0.15) is 24.6 Å². The summed E-state index contributed by atoms with van der Waals surface area (Å²) in [4.78, 5) is 18.2. The third kappa shape index (κ3) is 3.31. The summed E-state index contributed by atoms with van der Waals surface area (Å²) in [5.74, 6) is 2.19. The van der Waals surface area contributed by atoms with E-state index >= 15 is 0 Å². The van der Waals surface area contributed by atoms with Crippen LogP contribution >= 0.6 is 11.6 Å². The Morgan fingerprint density at radius 1 is 1.32 bits per heavy atom. The topological polar surface area (TPSA) is 80.0 Å². The van der Waals surface area contributed by atoms with Crippen LogP contribution in [0.4, 0.5) is 11.9 Å². The average Bonchev–Trinajstić information content (AvgIpc) is 2.75. The summed E-state index contributed by atoms with van der Waals surface area (Å²) in [6, 6.07) is -0.165. The van der Waals surface area contributed by atoms with E-state index in [1.807, 2.05) is 27.9 Å². The highest BCUT2D eigenvalue weighted by Gasteiger charge is 2.14. The minimum absolute atomic E-state index is 0.136. The van der Waals surface area contributed by atoms with E-state index in [2.05, 4.69) is 25.3 Å². The van der Waals surface area contributed by atoms with Crippen molar-refractivity contribution in [3.8, 4) is 0 Å². The van der Waals surface area contributed by atoms with E-state index in [9.17, 15) is 0 Å². The normalized spacial score (nSPS) is 12.3. The van der Waals surface area contributed by atoms with E-state index in [-0.39, 0.29) is 11.3 Å². The summed E-state index contributed by atoms with van der Waals surface area (Å²) in [5.41, 5.74) is 0. The van der Waals surface area contributed by atoms with Crippen LogP contribution in [0.3, 0.4) is 0 Å². The van der Waals surface area contributed by atoms with Gasteiger partial charge in [0.2, 0.25) is 23.1 Å². The molecule has 2 aromatic rings. The molecule has 0 saturated carbocycles. The van der Waals surface area contributed by atoms with E-state index in [1.165, 1.54) is 0 Å². The highest BCUT2D eigenvalue weighted by atomic mass is 35.5. The zero-order valence-corrected chi connectivity index (χ0v) is 11.9. The number of hydrogen-bond acceptors (Lipinski definition) is 7. The lowest BCUT2D eigenvalue weighted by Crippen LogP contribution is -2.16. The number of oxazole rings is 1. The highest BCUT2D eigenvalue weighted by molar-refractivity contribution is 6.28. The molecular formula is C11H15ClN6O. The zero-order valence-electron chi connectivity index (χ0n) is 11.2. The molecule has 1 atom stereocenters. The van der Waals surface area contributed by atoms with Gasteiger partial charge in [-0.05, 0) is 25.4 Å². The lowest BCUT2D eigenvalue weighted by atomic mass is 10.3. The molecule has 0 aromatic carbocycles. The molecule has 0 saturated heterocycles. The number of aryl methyl sites for hydroxylation is 1. The standard InChI is InChI=1S/C11H15ClN6O/c1-6-5-13-8(19-6)7(2)14-10-15-9(12)16-11(17-10)18(3)4/h5,7H,1-4H3,(H,14,15,16,17). The fourth-order valence-electron chi connectivity index (χ4n) is 1.43. The first-order chi connectivity index (χ1) is 8.95. The fraction of sp³-hybridized carbons (Fsp3) is 0.455. The molecule has 19 heavy (non-hydrogen) atoms. The summed E-state index contributed by atoms with van der Waals surface area (Å²) in [6.07, 6.45) is 1.67. The molecule has 0 amide bonds. The first kappa shape index (κ1) is 13.5. The Kier molecular flexibility index (Phi) is 3.84. The predicted octanol–water partition coefficient (Wildman–Crippen LogP) is 2.06. The molecule has 0 aliphatic heterocycles. The number of halogens is 1. The van der Waals surface area contributed by atoms with Crippen molar-refractivity contribution in [1.29, 1.82) is 0 Å². The predicted molar refractivity (Wildman–Crippen MR) is 72.4 cm³/mol. The number of nitrogens with one attached hydrogen (secondary N) is 1. The summed E-state index contributed by atoms with van der Waals surface area (Å²) >= 11 is 5.86. The Hall–Kier alpha value is -1.89. The van der Waals surface area contributed by atoms with E-state index in [0.717, 1.165) is 5.76 Å². The van der Waals surface area contributed by atoms with Crippen LogP contribution in [0.2, 0.25) is 5.28 Å². The Bertz CT molecular complexity index is 570. The monoisotopic (exact) mass is 282 g/mol. The van der Waals surface area contributed by atoms with Gasteiger partial charge in [0.15, 0.2) is 0 Å². The average molecular weight is 283 g/mol. The molecular weight excluding hydrogens is 268 g/mol. The molecule has 1 N–H and O–H groups in total. The largest absolute Gasteiger partial charge is 0.444 e. The second kappa shape index (κ2) is 5.40. The van der Waals surface area contributed by atoms with Crippen LogP contribution in [0.15, 0.2) is 10.6 Å². The van der Waals surface area contributed by atoms with Gasteiger partial charge in [-0.2, -0.15) is 15.0 Å². The van der Waals surface area contributed by atoms with Crippen molar-refractivity contribution in [2.45, 2.75) is 19.9 Å². The van der Waals surface area contributed by atoms with Crippen LogP contribution in [-0.2, 0) is 0 Å². The lowest BCUT2D eigenvalue weighted by molar-refractivity contribution is 0.453. The maximum atomic E-state index is 5.86. The molecule has 7 nitrogen and oxygen atoms in total. The molecule has 0 aliphatic rings. The molecule has 0 fully saturated rings. The van der Waals surface area contributed by atoms with E-state index in [0.29, 0.717) is 17.8 Å². The molecule has 0 spiro atoms. The van der Waals surface area contributed by atoms with Gasteiger partial charge in [0.05, 0.1) is 6.20 Å². The molecule has 1 unspecified atom stereocenters. The lowest BCUT2D eigenvalue weighted by Gasteiger charge is -2.14. The summed E-state index contributed by atoms with van der Waals surface area (Å²) in [5, 5.41) is 3.21. The van der Waals surface area contributed by atoms with E-state index < -0.39 is 0 Å². The summed E-state index contributed by atoms with van der Waals surface area (Å²) < 4.78 is 5.44. The first-order valence-corrected chi connectivity index (χ1v) is 6.11. The second-order valence-electron chi connectivity index (χ2n) is 4.30. The molecule has 2 rings (SSSR count). The van der Waals surface area contributed by atoms with Crippen molar-refractivity contribution in [2.75, 3.05) is 24.3 Å². The Morgan fingerprint density at radius 3 is 2.63 bits per heavy atom. The van der Waals surface area contributed by atoms with Crippen LogP contribution in [0, 0.1) is 6.92 Å². The number of anilines is 2. The smallest absolute Gasteiger partial charge is 0.230 e. The molecule has 2 aromatic heterocycles. The van der Waals surface area contributed by atoms with Gasteiger partial charge in [-0.1, -0.05) is 0 Å². The van der Waals surface area contributed by atoms with Crippen molar-refractivity contribution < 1.29 is 4.42 Å². The van der Waals surface area contributed by atoms with Gasteiger partial charge in [0.1, 0.15) is 11.8 Å². The molecule has 2 heterocycles. The van der Waals surface area contributed by atoms with E-state index in [4.69, 9.17) is 16.0 Å². The van der Waals surface area contributed by atoms with Crippen molar-refractivity contribution >= 4 is 23.5 Å². The Morgan fingerprint density at radius 2 is 2.05 bits per heavy atom. The fourth-order valence-corrected chi connectivity index (χ4v) is 1.59. The van der Waals surface area contributed by atoms with Gasteiger partial charge < -0.3 is 14.6 Å². The minimum Gasteiger partial charge on any atom is -0.444 e. The highest BCUT2D eigenvalue weighted by Crippen LogP contribution is 2.18. The third-order valence-electron chi connectivity index (χ3n) is 2.35. The van der Waals surface area contributed by atoms with Crippen LogP contribution in [0.25, 0.3) is 0 Å². The van der Waals surface area contributed by atoms with E-state index in [1.54, 1.807) is 11.1 Å². The maximum absolute atomic E-state index is 5.86. The minimum atomic E-state index is -0.165. The zero-order chi connectivity index (χ0) is 14.0. The maximum Gasteiger partial charge on any atom is 0.230 e. The summed E-state index contributed by atoms with van der Waals surface area (Å²) in [7, 11) is 3.66. The SMILES string of the molecule is Cc1cnc(C(C)Nc2nc(Cl)nc(N(C)C)n2)o1. The van der Waals surface area contributed by atoms with Gasteiger partial charge in [0.25, 0.3) is 0 Å². The van der Waals surface area contributed by atoms with Crippen molar-refractivity contribution in [1.82, 2.24) is 19.9 Å². The van der Waals surface area contributed by atoms with Crippen molar-refractivity contribution in [3.63, 3.8) is 0 Å². The van der Waals surface area contributed by atoms with Crippen molar-refractivity contribution in [3.05, 3.63) is 23.1 Å². The van der Waals surface area contributed by atoms with Crippen LogP contribution in [0.5, 0.6) is 0 Å². The first-order valence-electron chi connectivity index (χ1n) is 5.73. The van der Waals surface area contributed by atoms with Crippen LogP contribution < -0.4 is 10.2 Å². The van der Waals surface area contributed by atoms with Gasteiger partial charge in [-0.25, -0.2) is 4.98 Å². The Balaban J connectivity index is 2.18. The number of hydrogen-bond donors (Lipinski definition) is 1. The van der Waals surface area contributed by atoms with Crippen LogP contribution in [-0.4, -0.2) is 34.0 Å². The quantitative estimate of drug-likeness (QED) is 0.919. The number of nitrogens with zero attached hydrogens (tertiary/aromatic N) is 5.